The van der Waals surface area contributed by atoms with Gasteiger partial charge in [0.2, 0.25) is 0 Å². The summed E-state index contributed by atoms with van der Waals surface area (Å²) in [5.41, 5.74) is 5.45. The number of fused-ring (bicyclic) bond motifs is 2. The number of benzene rings is 1. The average molecular weight is 339 g/mol. The van der Waals surface area contributed by atoms with Crippen molar-refractivity contribution in [1.29, 1.82) is 0 Å². The Morgan fingerprint density at radius 1 is 1.04 bits per heavy atom. The first-order valence-electron chi connectivity index (χ1n) is 8.65. The van der Waals surface area contributed by atoms with Crippen LogP contribution in [0.5, 0.6) is 0 Å². The van der Waals surface area contributed by atoms with Gasteiger partial charge < -0.3 is 10.3 Å². The molecule has 0 atom stereocenters. The highest BCUT2D eigenvalue weighted by Crippen LogP contribution is 2.48. The molecule has 1 aromatic carbocycles. The molecule has 0 radical (unpaired) electrons. The molecular formula is C19H19ClN4. The van der Waals surface area contributed by atoms with E-state index in [1.54, 1.807) is 0 Å². The molecule has 0 unspecified atom stereocenters. The maximum absolute atomic E-state index is 6.12. The topological polar surface area (TPSA) is 53.6 Å². The molecule has 3 heterocycles. The normalized spacial score (nSPS) is 18.7. The standard InChI is InChI=1S/C19H19ClN4/c20-12-4-5-15-16(11-12)24-18(23-15)19(8-2-9-19)17-7-6-13-14(22-17)3-1-10-21-13/h4-7,11,21H,1-3,8-10H2,(H,23,24). The van der Waals surface area contributed by atoms with E-state index in [0.29, 0.717) is 0 Å². The molecule has 0 bridgehead atoms. The predicted octanol–water partition coefficient (Wildman–Crippen LogP) is 4.44. The average Bonchev–Trinajstić information content (AvgIpc) is 2.96. The van der Waals surface area contributed by atoms with Crippen LogP contribution in [0.25, 0.3) is 11.0 Å². The van der Waals surface area contributed by atoms with Gasteiger partial charge in [-0.2, -0.15) is 0 Å². The van der Waals surface area contributed by atoms with Gasteiger partial charge in [-0.15, -0.1) is 0 Å². The zero-order valence-corrected chi connectivity index (χ0v) is 14.2. The first-order valence-corrected chi connectivity index (χ1v) is 9.02. The van der Waals surface area contributed by atoms with E-state index in [-0.39, 0.29) is 5.41 Å². The minimum atomic E-state index is -0.0715. The summed E-state index contributed by atoms with van der Waals surface area (Å²) in [7, 11) is 0. The minimum Gasteiger partial charge on any atom is -0.384 e. The lowest BCUT2D eigenvalue weighted by Gasteiger charge is -2.40. The molecule has 5 rings (SSSR count). The Kier molecular flexibility index (Phi) is 3.10. The fourth-order valence-electron chi connectivity index (χ4n) is 3.95. The molecule has 2 N–H and O–H groups in total. The third-order valence-corrected chi connectivity index (χ3v) is 5.71. The minimum absolute atomic E-state index is 0.0715. The summed E-state index contributed by atoms with van der Waals surface area (Å²) < 4.78 is 0. The van der Waals surface area contributed by atoms with Crippen LogP contribution in [-0.4, -0.2) is 21.5 Å². The molecule has 2 aliphatic rings. The molecule has 4 nitrogen and oxygen atoms in total. The van der Waals surface area contributed by atoms with Crippen LogP contribution in [-0.2, 0) is 11.8 Å². The molecule has 122 valence electrons. The fraction of sp³-hybridized carbons (Fsp3) is 0.368. The van der Waals surface area contributed by atoms with Crippen LogP contribution in [0.3, 0.4) is 0 Å². The summed E-state index contributed by atoms with van der Waals surface area (Å²) in [5, 5.41) is 4.18. The van der Waals surface area contributed by atoms with Crippen molar-refractivity contribution in [3.8, 4) is 0 Å². The van der Waals surface area contributed by atoms with Crippen molar-refractivity contribution in [2.75, 3.05) is 11.9 Å². The molecule has 24 heavy (non-hydrogen) atoms. The van der Waals surface area contributed by atoms with Gasteiger partial charge in [0.25, 0.3) is 0 Å². The Hall–Kier alpha value is -2.07. The van der Waals surface area contributed by atoms with E-state index >= 15 is 0 Å². The summed E-state index contributed by atoms with van der Waals surface area (Å²) in [6.45, 7) is 1.05. The summed E-state index contributed by atoms with van der Waals surface area (Å²) in [6, 6.07) is 10.2. The first kappa shape index (κ1) is 14.3. The van der Waals surface area contributed by atoms with Gasteiger partial charge in [-0.25, -0.2) is 4.98 Å². The van der Waals surface area contributed by atoms with E-state index < -0.39 is 0 Å². The number of nitrogens with zero attached hydrogens (tertiary/aromatic N) is 2. The van der Waals surface area contributed by atoms with E-state index in [0.717, 1.165) is 59.8 Å². The number of hydrogen-bond donors (Lipinski definition) is 2. The smallest absolute Gasteiger partial charge is 0.119 e. The highest BCUT2D eigenvalue weighted by atomic mass is 35.5. The van der Waals surface area contributed by atoms with Crippen LogP contribution in [0.4, 0.5) is 5.69 Å². The summed E-state index contributed by atoms with van der Waals surface area (Å²) >= 11 is 6.12. The van der Waals surface area contributed by atoms with Crippen LogP contribution in [0.1, 0.15) is 42.9 Å². The van der Waals surface area contributed by atoms with E-state index in [4.69, 9.17) is 21.6 Å². The van der Waals surface area contributed by atoms with E-state index in [1.807, 2.05) is 18.2 Å². The van der Waals surface area contributed by atoms with Crippen LogP contribution in [0.15, 0.2) is 30.3 Å². The number of aromatic amines is 1. The molecular weight excluding hydrogens is 320 g/mol. The summed E-state index contributed by atoms with van der Waals surface area (Å²) in [6.07, 6.45) is 5.62. The van der Waals surface area contributed by atoms with Gasteiger partial charge in [-0.05, 0) is 56.0 Å². The summed E-state index contributed by atoms with van der Waals surface area (Å²) in [5.74, 6) is 1.03. The second-order valence-electron chi connectivity index (χ2n) is 6.90. The van der Waals surface area contributed by atoms with E-state index in [1.165, 1.54) is 17.8 Å². The Labute approximate surface area is 145 Å². The van der Waals surface area contributed by atoms with Crippen molar-refractivity contribution >= 4 is 28.3 Å². The van der Waals surface area contributed by atoms with E-state index in [2.05, 4.69) is 22.4 Å². The lowest BCUT2D eigenvalue weighted by atomic mass is 9.65. The number of aryl methyl sites for hydroxylation is 1. The molecule has 0 saturated heterocycles. The lowest BCUT2D eigenvalue weighted by molar-refractivity contribution is 0.279. The molecule has 1 aliphatic heterocycles. The molecule has 3 aromatic rings. The first-order chi connectivity index (χ1) is 11.7. The Morgan fingerprint density at radius 2 is 1.96 bits per heavy atom. The van der Waals surface area contributed by atoms with Crippen molar-refractivity contribution in [1.82, 2.24) is 15.0 Å². The van der Waals surface area contributed by atoms with Gasteiger partial charge in [0.1, 0.15) is 5.82 Å². The number of rotatable bonds is 2. The maximum atomic E-state index is 6.12. The van der Waals surface area contributed by atoms with Crippen molar-refractivity contribution in [3.63, 3.8) is 0 Å². The van der Waals surface area contributed by atoms with Crippen molar-refractivity contribution in [3.05, 3.63) is 52.6 Å². The third-order valence-electron chi connectivity index (χ3n) is 5.47. The van der Waals surface area contributed by atoms with Gasteiger partial charge >= 0.3 is 0 Å². The van der Waals surface area contributed by atoms with Crippen LogP contribution < -0.4 is 5.32 Å². The Bertz CT molecular complexity index is 926. The zero-order valence-electron chi connectivity index (χ0n) is 13.4. The van der Waals surface area contributed by atoms with Crippen molar-refractivity contribution in [2.45, 2.75) is 37.5 Å². The quantitative estimate of drug-likeness (QED) is 0.726. The second-order valence-corrected chi connectivity index (χ2v) is 7.34. The number of anilines is 1. The highest BCUT2D eigenvalue weighted by molar-refractivity contribution is 6.31. The molecule has 2 aromatic heterocycles. The van der Waals surface area contributed by atoms with E-state index in [9.17, 15) is 0 Å². The number of hydrogen-bond acceptors (Lipinski definition) is 3. The molecule has 0 spiro atoms. The Balaban J connectivity index is 1.62. The fourth-order valence-corrected chi connectivity index (χ4v) is 4.12. The van der Waals surface area contributed by atoms with Gasteiger partial charge in [0, 0.05) is 11.6 Å². The number of imidazole rings is 1. The summed E-state index contributed by atoms with van der Waals surface area (Å²) in [4.78, 5) is 13.4. The highest BCUT2D eigenvalue weighted by Gasteiger charge is 2.44. The van der Waals surface area contributed by atoms with Gasteiger partial charge in [0.05, 0.1) is 33.5 Å². The SMILES string of the molecule is Clc1ccc2nc(C3(c4ccc5c(n4)CCCN5)CCC3)[nH]c2c1. The maximum Gasteiger partial charge on any atom is 0.119 e. The molecule has 1 saturated carbocycles. The third kappa shape index (κ3) is 2.06. The monoisotopic (exact) mass is 338 g/mol. The van der Waals surface area contributed by atoms with Gasteiger partial charge in [-0.3, -0.25) is 4.98 Å². The number of pyridine rings is 1. The van der Waals surface area contributed by atoms with Crippen molar-refractivity contribution < 1.29 is 0 Å². The Morgan fingerprint density at radius 3 is 2.79 bits per heavy atom. The van der Waals surface area contributed by atoms with Crippen LogP contribution in [0.2, 0.25) is 5.02 Å². The molecule has 0 amide bonds. The second kappa shape index (κ2) is 5.21. The number of aromatic nitrogens is 3. The largest absolute Gasteiger partial charge is 0.384 e. The number of nitrogens with one attached hydrogen (secondary N) is 2. The molecule has 1 fully saturated rings. The van der Waals surface area contributed by atoms with Gasteiger partial charge in [-0.1, -0.05) is 18.0 Å². The van der Waals surface area contributed by atoms with Crippen molar-refractivity contribution in [2.24, 2.45) is 0 Å². The van der Waals surface area contributed by atoms with Crippen LogP contribution >= 0.6 is 11.6 Å². The number of halogens is 1. The lowest BCUT2D eigenvalue weighted by Crippen LogP contribution is -2.38. The number of H-pyrrole nitrogens is 1. The molecule has 1 aliphatic carbocycles. The zero-order chi connectivity index (χ0) is 16.1. The van der Waals surface area contributed by atoms with Gasteiger partial charge in [0.15, 0.2) is 0 Å². The van der Waals surface area contributed by atoms with Crippen LogP contribution in [0, 0.1) is 0 Å². The predicted molar refractivity (Wildman–Crippen MR) is 96.8 cm³/mol. The molecule has 5 heteroatoms.